The molecule has 0 aliphatic heterocycles. The molecule has 90 valence electrons. The summed E-state index contributed by atoms with van der Waals surface area (Å²) >= 11 is 2.76. The molecule has 0 unspecified atom stereocenters. The van der Waals surface area contributed by atoms with Crippen LogP contribution in [0.5, 0.6) is 0 Å². The number of nitrogens with two attached hydrogens (primary N) is 1. The molecule has 0 aliphatic rings. The van der Waals surface area contributed by atoms with Crippen molar-refractivity contribution in [2.75, 3.05) is 5.43 Å². The zero-order valence-electron chi connectivity index (χ0n) is 9.47. The first kappa shape index (κ1) is 12.2. The van der Waals surface area contributed by atoms with Crippen molar-refractivity contribution in [1.82, 2.24) is 19.6 Å². The smallest absolute Gasteiger partial charge is 0.188 e. The predicted octanol–water partition coefficient (Wildman–Crippen LogP) is 1.52. The number of hydrazine groups is 1. The Morgan fingerprint density at radius 1 is 1.35 bits per heavy atom. The van der Waals surface area contributed by atoms with Gasteiger partial charge in [-0.15, -0.1) is 5.10 Å². The number of nitrogen functional groups attached to an aromatic ring is 1. The molecule has 0 aromatic carbocycles. The molecule has 0 atom stereocenters. The first-order chi connectivity index (χ1) is 8.19. The summed E-state index contributed by atoms with van der Waals surface area (Å²) in [5.41, 5.74) is 5.33. The number of aromatic nitrogens is 4. The Morgan fingerprint density at radius 3 is 2.71 bits per heavy atom. The summed E-state index contributed by atoms with van der Waals surface area (Å²) in [4.78, 5) is 8.69. The molecule has 0 aliphatic carbocycles. The fourth-order valence-corrected chi connectivity index (χ4v) is 2.77. The first-order valence-electron chi connectivity index (χ1n) is 4.92. The number of nitrogens with zero attached hydrogens (tertiary/aromatic N) is 4. The number of thioether (sulfide) groups is 1. The Bertz CT molecular complexity index is 492. The van der Waals surface area contributed by atoms with Crippen LogP contribution in [0.25, 0.3) is 0 Å². The van der Waals surface area contributed by atoms with Crippen LogP contribution in [0.3, 0.4) is 0 Å². The van der Waals surface area contributed by atoms with Crippen LogP contribution in [-0.2, 0) is 5.75 Å². The predicted molar refractivity (Wildman–Crippen MR) is 68.8 cm³/mol. The molecule has 0 spiro atoms. The van der Waals surface area contributed by atoms with Gasteiger partial charge in [-0.05, 0) is 19.9 Å². The summed E-state index contributed by atoms with van der Waals surface area (Å²) in [5.74, 6) is 6.00. The van der Waals surface area contributed by atoms with E-state index < -0.39 is 0 Å². The lowest BCUT2D eigenvalue weighted by Crippen LogP contribution is -2.06. The van der Waals surface area contributed by atoms with Gasteiger partial charge in [0.05, 0.1) is 0 Å². The highest BCUT2D eigenvalue weighted by Crippen LogP contribution is 2.24. The molecular weight excluding hydrogens is 256 g/mol. The van der Waals surface area contributed by atoms with Crippen molar-refractivity contribution in [3.05, 3.63) is 23.1 Å². The van der Waals surface area contributed by atoms with Crippen molar-refractivity contribution >= 4 is 28.3 Å². The molecule has 2 aromatic heterocycles. The second-order valence-electron chi connectivity index (χ2n) is 3.42. The molecule has 8 heteroatoms. The second kappa shape index (κ2) is 5.39. The molecule has 0 amide bonds. The molecule has 0 saturated carbocycles. The van der Waals surface area contributed by atoms with E-state index in [0.29, 0.717) is 5.75 Å². The number of nitrogens with one attached hydrogen (secondary N) is 1. The summed E-state index contributed by atoms with van der Waals surface area (Å²) in [6.07, 6.45) is 0. The molecule has 0 saturated heterocycles. The summed E-state index contributed by atoms with van der Waals surface area (Å²) < 4.78 is 3.84. The van der Waals surface area contributed by atoms with Gasteiger partial charge in [-0.25, -0.2) is 15.8 Å². The molecule has 0 bridgehead atoms. The van der Waals surface area contributed by atoms with Crippen molar-refractivity contribution in [1.29, 1.82) is 0 Å². The fraction of sp³-hybridized carbons (Fsp3) is 0.333. The van der Waals surface area contributed by atoms with E-state index in [1.54, 1.807) is 0 Å². The molecule has 2 aromatic rings. The average molecular weight is 268 g/mol. The van der Waals surface area contributed by atoms with Gasteiger partial charge in [-0.2, -0.15) is 0 Å². The maximum Gasteiger partial charge on any atom is 0.188 e. The van der Waals surface area contributed by atoms with Gasteiger partial charge in [0.25, 0.3) is 0 Å². The van der Waals surface area contributed by atoms with Crippen LogP contribution in [-0.4, -0.2) is 19.6 Å². The molecule has 6 nitrogen and oxygen atoms in total. The van der Waals surface area contributed by atoms with E-state index in [1.165, 1.54) is 23.3 Å². The van der Waals surface area contributed by atoms with E-state index in [1.807, 2.05) is 19.9 Å². The quantitative estimate of drug-likeness (QED) is 0.376. The molecule has 3 N–H and O–H groups in total. The van der Waals surface area contributed by atoms with E-state index >= 15 is 0 Å². The lowest BCUT2D eigenvalue weighted by Gasteiger charge is -2.02. The number of anilines is 1. The van der Waals surface area contributed by atoms with Gasteiger partial charge in [0.15, 0.2) is 5.16 Å². The van der Waals surface area contributed by atoms with Crippen molar-refractivity contribution in [3.8, 4) is 0 Å². The summed E-state index contributed by atoms with van der Waals surface area (Å²) in [5, 5.41) is 5.52. The summed E-state index contributed by atoms with van der Waals surface area (Å²) in [7, 11) is 0. The minimum atomic E-state index is 0.652. The van der Waals surface area contributed by atoms with Crippen LogP contribution < -0.4 is 11.3 Å². The van der Waals surface area contributed by atoms with E-state index in [2.05, 4.69) is 25.0 Å². The first-order valence-corrected chi connectivity index (χ1v) is 6.68. The zero-order valence-corrected chi connectivity index (χ0v) is 11.1. The van der Waals surface area contributed by atoms with Crippen molar-refractivity contribution in [2.45, 2.75) is 24.8 Å². The standard InChI is InChI=1S/C9H12N6S2/c1-5-3-6(2)12-9(11-5)16-4-7-8(13-10)17-15-14-7/h3,13H,4,10H2,1-2H3. The van der Waals surface area contributed by atoms with Crippen molar-refractivity contribution in [3.63, 3.8) is 0 Å². The van der Waals surface area contributed by atoms with Crippen LogP contribution >= 0.6 is 23.3 Å². The van der Waals surface area contributed by atoms with E-state index in [0.717, 1.165) is 27.2 Å². The third kappa shape index (κ3) is 3.11. The van der Waals surface area contributed by atoms with E-state index in [-0.39, 0.29) is 0 Å². The van der Waals surface area contributed by atoms with Gasteiger partial charge in [0, 0.05) is 28.7 Å². The number of rotatable bonds is 4. The van der Waals surface area contributed by atoms with Gasteiger partial charge in [0.2, 0.25) is 0 Å². The maximum atomic E-state index is 5.35. The Labute approximate surface area is 107 Å². The number of hydrogen-bond acceptors (Lipinski definition) is 8. The number of aryl methyl sites for hydroxylation is 2. The average Bonchev–Trinajstić information content (AvgIpc) is 2.72. The van der Waals surface area contributed by atoms with E-state index in [9.17, 15) is 0 Å². The van der Waals surface area contributed by atoms with Crippen LogP contribution in [0.2, 0.25) is 0 Å². The highest BCUT2D eigenvalue weighted by Gasteiger charge is 2.08. The lowest BCUT2D eigenvalue weighted by molar-refractivity contribution is 0.900. The molecule has 2 heterocycles. The number of hydrogen-bond donors (Lipinski definition) is 2. The van der Waals surface area contributed by atoms with Gasteiger partial charge >= 0.3 is 0 Å². The van der Waals surface area contributed by atoms with Crippen LogP contribution in [0, 0.1) is 13.8 Å². The van der Waals surface area contributed by atoms with Crippen LogP contribution in [0.4, 0.5) is 5.00 Å². The van der Waals surface area contributed by atoms with Gasteiger partial charge < -0.3 is 5.43 Å². The third-order valence-electron chi connectivity index (χ3n) is 1.99. The highest BCUT2D eigenvalue weighted by molar-refractivity contribution is 7.98. The van der Waals surface area contributed by atoms with Crippen LogP contribution in [0.15, 0.2) is 11.2 Å². The van der Waals surface area contributed by atoms with Gasteiger partial charge in [-0.1, -0.05) is 16.3 Å². The monoisotopic (exact) mass is 268 g/mol. The SMILES string of the molecule is Cc1cc(C)nc(SCc2nnsc2NN)n1. The fourth-order valence-electron chi connectivity index (χ4n) is 1.30. The highest BCUT2D eigenvalue weighted by atomic mass is 32.2. The Balaban J connectivity index is 2.07. The largest absolute Gasteiger partial charge is 0.313 e. The minimum Gasteiger partial charge on any atom is -0.313 e. The normalized spacial score (nSPS) is 10.5. The van der Waals surface area contributed by atoms with Crippen LogP contribution in [0.1, 0.15) is 17.1 Å². The minimum absolute atomic E-state index is 0.652. The maximum absolute atomic E-state index is 5.35. The third-order valence-corrected chi connectivity index (χ3v) is 3.54. The zero-order chi connectivity index (χ0) is 12.3. The lowest BCUT2D eigenvalue weighted by atomic mass is 10.4. The molecule has 0 radical (unpaired) electrons. The van der Waals surface area contributed by atoms with Crippen molar-refractivity contribution in [2.24, 2.45) is 5.84 Å². The van der Waals surface area contributed by atoms with Gasteiger partial charge in [-0.3, -0.25) is 0 Å². The van der Waals surface area contributed by atoms with Gasteiger partial charge in [0.1, 0.15) is 10.7 Å². The Kier molecular flexibility index (Phi) is 3.87. The molecular formula is C9H12N6S2. The molecule has 0 fully saturated rings. The van der Waals surface area contributed by atoms with E-state index in [4.69, 9.17) is 5.84 Å². The molecule has 2 rings (SSSR count). The Morgan fingerprint density at radius 2 is 2.06 bits per heavy atom. The van der Waals surface area contributed by atoms with Crippen molar-refractivity contribution < 1.29 is 0 Å². The Hall–Kier alpha value is -1.25. The summed E-state index contributed by atoms with van der Waals surface area (Å²) in [6.45, 7) is 3.91. The topological polar surface area (TPSA) is 89.6 Å². The summed E-state index contributed by atoms with van der Waals surface area (Å²) in [6, 6.07) is 1.95. The molecule has 17 heavy (non-hydrogen) atoms. The second-order valence-corrected chi connectivity index (χ2v) is 5.11.